The molecule has 2 aromatic rings. The minimum atomic E-state index is 0.477. The number of nitrogens with zero attached hydrogens (tertiary/aromatic N) is 2. The number of hydrogen-bond acceptors (Lipinski definition) is 2. The Morgan fingerprint density at radius 2 is 2.42 bits per heavy atom. The lowest BCUT2D eigenvalue weighted by molar-refractivity contribution is 1.36. The lowest BCUT2D eigenvalue weighted by atomic mass is 10.4. The second kappa shape index (κ2) is 2.50. The lowest BCUT2D eigenvalue weighted by Crippen LogP contribution is -1.74. The maximum absolute atomic E-state index is 8.58. The van der Waals surface area contributed by atoms with Crippen molar-refractivity contribution in [3.05, 3.63) is 29.0 Å². The van der Waals surface area contributed by atoms with E-state index in [0.717, 1.165) is 11.0 Å². The monoisotopic (exact) mass is 177 g/mol. The molecule has 0 atom stereocenters. The summed E-state index contributed by atoms with van der Waals surface area (Å²) >= 11 is 5.85. The number of fused-ring (bicyclic) bond motifs is 1. The van der Waals surface area contributed by atoms with Crippen molar-refractivity contribution in [2.75, 3.05) is 0 Å². The van der Waals surface area contributed by atoms with E-state index in [9.17, 15) is 0 Å². The van der Waals surface area contributed by atoms with Gasteiger partial charge in [0.25, 0.3) is 0 Å². The first-order valence-corrected chi connectivity index (χ1v) is 3.72. The molecule has 0 spiro atoms. The molecule has 0 unspecified atom stereocenters. The van der Waals surface area contributed by atoms with E-state index in [1.165, 1.54) is 0 Å². The Morgan fingerprint density at radius 1 is 1.58 bits per heavy atom. The molecule has 0 aliphatic rings. The van der Waals surface area contributed by atoms with Crippen molar-refractivity contribution in [3.8, 4) is 6.07 Å². The van der Waals surface area contributed by atoms with Crippen LogP contribution in [0, 0.1) is 11.3 Å². The van der Waals surface area contributed by atoms with Crippen LogP contribution in [0.2, 0.25) is 5.02 Å². The topological polar surface area (TPSA) is 52.5 Å². The largest absolute Gasteiger partial charge is 0.344 e. The van der Waals surface area contributed by atoms with Gasteiger partial charge in [-0.15, -0.1) is 0 Å². The van der Waals surface area contributed by atoms with Crippen LogP contribution in [0.5, 0.6) is 0 Å². The standard InChI is InChI=1S/C8H4ClN3/c9-6-1-2-11-7-3-5(4-10)12-8(6)7/h1-3,12H. The van der Waals surface area contributed by atoms with Crippen LogP contribution in [0.4, 0.5) is 0 Å². The number of aromatic amines is 1. The van der Waals surface area contributed by atoms with Gasteiger partial charge in [0, 0.05) is 12.3 Å². The molecule has 0 saturated carbocycles. The van der Waals surface area contributed by atoms with Gasteiger partial charge in [0.2, 0.25) is 0 Å². The fourth-order valence-electron chi connectivity index (χ4n) is 1.05. The SMILES string of the molecule is N#Cc1cc2nccc(Cl)c2[nH]1. The summed E-state index contributed by atoms with van der Waals surface area (Å²) in [7, 11) is 0. The van der Waals surface area contributed by atoms with Crippen LogP contribution in [0.3, 0.4) is 0 Å². The predicted molar refractivity (Wildman–Crippen MR) is 45.8 cm³/mol. The normalized spacial score (nSPS) is 10.0. The molecule has 0 aliphatic carbocycles. The number of pyridine rings is 1. The highest BCUT2D eigenvalue weighted by Gasteiger charge is 2.03. The van der Waals surface area contributed by atoms with E-state index < -0.39 is 0 Å². The zero-order valence-electron chi connectivity index (χ0n) is 6.00. The van der Waals surface area contributed by atoms with Crippen molar-refractivity contribution in [1.82, 2.24) is 9.97 Å². The highest BCUT2D eigenvalue weighted by molar-refractivity contribution is 6.34. The van der Waals surface area contributed by atoms with Crippen molar-refractivity contribution in [2.24, 2.45) is 0 Å². The smallest absolute Gasteiger partial charge is 0.120 e. The van der Waals surface area contributed by atoms with Crippen molar-refractivity contribution < 1.29 is 0 Å². The molecule has 12 heavy (non-hydrogen) atoms. The Labute approximate surface area is 73.6 Å². The third kappa shape index (κ3) is 0.936. The Balaban J connectivity index is 2.85. The lowest BCUT2D eigenvalue weighted by Gasteiger charge is -1.89. The third-order valence-corrected chi connectivity index (χ3v) is 1.91. The van der Waals surface area contributed by atoms with Gasteiger partial charge in [-0.1, -0.05) is 11.6 Å². The summed E-state index contributed by atoms with van der Waals surface area (Å²) in [6, 6.07) is 5.34. The zero-order valence-corrected chi connectivity index (χ0v) is 6.76. The fraction of sp³-hybridized carbons (Fsp3) is 0. The zero-order chi connectivity index (χ0) is 8.55. The first-order valence-electron chi connectivity index (χ1n) is 3.34. The van der Waals surface area contributed by atoms with Gasteiger partial charge in [-0.2, -0.15) is 5.26 Å². The number of H-pyrrole nitrogens is 1. The summed E-state index contributed by atoms with van der Waals surface area (Å²) in [6.45, 7) is 0. The molecule has 0 aliphatic heterocycles. The van der Waals surface area contributed by atoms with E-state index >= 15 is 0 Å². The molecule has 0 fully saturated rings. The molecule has 4 heteroatoms. The van der Waals surface area contributed by atoms with Gasteiger partial charge in [-0.3, -0.25) is 4.98 Å². The van der Waals surface area contributed by atoms with E-state index in [-0.39, 0.29) is 0 Å². The number of halogens is 1. The Morgan fingerprint density at radius 3 is 3.08 bits per heavy atom. The van der Waals surface area contributed by atoms with Crippen LogP contribution in [0.25, 0.3) is 11.0 Å². The van der Waals surface area contributed by atoms with Crippen LogP contribution in [-0.2, 0) is 0 Å². The molecular weight excluding hydrogens is 174 g/mol. The fourth-order valence-corrected chi connectivity index (χ4v) is 1.25. The quantitative estimate of drug-likeness (QED) is 0.670. The number of nitriles is 1. The average Bonchev–Trinajstić information content (AvgIpc) is 2.49. The van der Waals surface area contributed by atoms with Gasteiger partial charge in [0.15, 0.2) is 0 Å². The molecule has 0 saturated heterocycles. The Hall–Kier alpha value is -1.53. The minimum absolute atomic E-state index is 0.477. The summed E-state index contributed by atoms with van der Waals surface area (Å²) in [4.78, 5) is 6.90. The van der Waals surface area contributed by atoms with Gasteiger partial charge in [0.1, 0.15) is 11.8 Å². The molecule has 2 rings (SSSR count). The van der Waals surface area contributed by atoms with E-state index in [1.54, 1.807) is 18.3 Å². The second-order valence-corrected chi connectivity index (χ2v) is 2.76. The number of aromatic nitrogens is 2. The number of hydrogen-bond donors (Lipinski definition) is 1. The van der Waals surface area contributed by atoms with Crippen molar-refractivity contribution >= 4 is 22.6 Å². The van der Waals surface area contributed by atoms with Gasteiger partial charge in [0.05, 0.1) is 16.1 Å². The van der Waals surface area contributed by atoms with Gasteiger partial charge in [-0.05, 0) is 6.07 Å². The maximum atomic E-state index is 8.58. The highest BCUT2D eigenvalue weighted by Crippen LogP contribution is 2.20. The molecule has 0 amide bonds. The number of rotatable bonds is 0. The Bertz CT molecular complexity index is 467. The molecule has 1 N–H and O–H groups in total. The van der Waals surface area contributed by atoms with Crippen LogP contribution < -0.4 is 0 Å². The first kappa shape index (κ1) is 7.14. The second-order valence-electron chi connectivity index (χ2n) is 2.35. The summed E-state index contributed by atoms with van der Waals surface area (Å²) in [6.07, 6.45) is 1.61. The van der Waals surface area contributed by atoms with Gasteiger partial charge < -0.3 is 4.98 Å². The van der Waals surface area contributed by atoms with Crippen LogP contribution >= 0.6 is 11.6 Å². The average molecular weight is 178 g/mol. The summed E-state index contributed by atoms with van der Waals surface area (Å²) in [5.41, 5.74) is 1.92. The van der Waals surface area contributed by atoms with Crippen molar-refractivity contribution in [2.45, 2.75) is 0 Å². The molecule has 2 heterocycles. The van der Waals surface area contributed by atoms with Crippen molar-refractivity contribution in [1.29, 1.82) is 5.26 Å². The van der Waals surface area contributed by atoms with Gasteiger partial charge >= 0.3 is 0 Å². The van der Waals surface area contributed by atoms with Gasteiger partial charge in [-0.25, -0.2) is 0 Å². The molecule has 58 valence electrons. The molecule has 0 radical (unpaired) electrons. The maximum Gasteiger partial charge on any atom is 0.120 e. The molecular formula is C8H4ClN3. The first-order chi connectivity index (χ1) is 5.81. The molecule has 2 aromatic heterocycles. The summed E-state index contributed by atoms with van der Waals surface area (Å²) < 4.78 is 0. The van der Waals surface area contributed by atoms with E-state index in [2.05, 4.69) is 9.97 Å². The molecule has 0 aromatic carbocycles. The number of nitrogens with one attached hydrogen (secondary N) is 1. The van der Waals surface area contributed by atoms with Crippen LogP contribution in [0.15, 0.2) is 18.3 Å². The van der Waals surface area contributed by atoms with Crippen LogP contribution in [-0.4, -0.2) is 9.97 Å². The Kier molecular flexibility index (Phi) is 1.49. The molecule has 0 bridgehead atoms. The van der Waals surface area contributed by atoms with E-state index in [0.29, 0.717) is 10.7 Å². The minimum Gasteiger partial charge on any atom is -0.344 e. The van der Waals surface area contributed by atoms with E-state index in [1.807, 2.05) is 6.07 Å². The van der Waals surface area contributed by atoms with Crippen molar-refractivity contribution in [3.63, 3.8) is 0 Å². The third-order valence-electron chi connectivity index (χ3n) is 1.59. The predicted octanol–water partition coefficient (Wildman–Crippen LogP) is 2.09. The molecule has 3 nitrogen and oxygen atoms in total. The van der Waals surface area contributed by atoms with E-state index in [4.69, 9.17) is 16.9 Å². The summed E-state index contributed by atoms with van der Waals surface area (Å²) in [5, 5.41) is 9.16. The van der Waals surface area contributed by atoms with Crippen LogP contribution in [0.1, 0.15) is 5.69 Å². The summed E-state index contributed by atoms with van der Waals surface area (Å²) in [5.74, 6) is 0. The highest BCUT2D eigenvalue weighted by atomic mass is 35.5.